The summed E-state index contributed by atoms with van der Waals surface area (Å²) in [5.41, 5.74) is 0.953. The van der Waals surface area contributed by atoms with Gasteiger partial charge in [0.15, 0.2) is 0 Å². The van der Waals surface area contributed by atoms with Crippen LogP contribution in [0.3, 0.4) is 0 Å². The van der Waals surface area contributed by atoms with Gasteiger partial charge in [0.1, 0.15) is 18.0 Å². The summed E-state index contributed by atoms with van der Waals surface area (Å²) in [4.78, 5) is 46.8. The Labute approximate surface area is 225 Å². The highest BCUT2D eigenvalue weighted by Gasteiger charge is 2.32. The van der Waals surface area contributed by atoms with E-state index in [1.54, 1.807) is 36.7 Å². The number of fused-ring (bicyclic) bond motifs is 1. The minimum absolute atomic E-state index is 0.249. The van der Waals surface area contributed by atoms with Crippen molar-refractivity contribution in [1.82, 2.24) is 19.9 Å². The summed E-state index contributed by atoms with van der Waals surface area (Å²) in [6.07, 6.45) is 3.48. The lowest BCUT2D eigenvalue weighted by molar-refractivity contribution is -0.136. The number of rotatable bonds is 10. The summed E-state index contributed by atoms with van der Waals surface area (Å²) in [6.45, 7) is 8.06. The maximum Gasteiger partial charge on any atom is 0.408 e. The van der Waals surface area contributed by atoms with Crippen LogP contribution in [-0.2, 0) is 20.9 Å². The third-order valence-corrected chi connectivity index (χ3v) is 6.55. The number of alkyl carbamates (subject to hydrolysis) is 1. The number of carbonyl (C=O) groups is 3. The van der Waals surface area contributed by atoms with E-state index in [0.717, 1.165) is 11.9 Å². The number of nitrogens with zero attached hydrogens (tertiary/aromatic N) is 3. The number of ketones is 1. The number of hydrogen-bond acceptors (Lipinski definition) is 6. The molecular formula is C26H31Cl2N5O4. The van der Waals surface area contributed by atoms with E-state index in [0.29, 0.717) is 34.9 Å². The van der Waals surface area contributed by atoms with E-state index in [-0.39, 0.29) is 5.82 Å². The molecule has 198 valence electrons. The van der Waals surface area contributed by atoms with Crippen molar-refractivity contribution >= 4 is 57.8 Å². The van der Waals surface area contributed by atoms with Crippen LogP contribution in [0.5, 0.6) is 0 Å². The van der Waals surface area contributed by atoms with Gasteiger partial charge in [-0.3, -0.25) is 9.59 Å². The highest BCUT2D eigenvalue weighted by molar-refractivity contribution is 6.43. The van der Waals surface area contributed by atoms with Gasteiger partial charge in [0.25, 0.3) is 5.91 Å². The van der Waals surface area contributed by atoms with Crippen LogP contribution in [0.1, 0.15) is 47.0 Å². The van der Waals surface area contributed by atoms with Crippen LogP contribution in [0.25, 0.3) is 11.0 Å². The van der Waals surface area contributed by atoms with Crippen LogP contribution in [0.2, 0.25) is 10.0 Å². The smallest absolute Gasteiger partial charge is 0.408 e. The van der Waals surface area contributed by atoms with Crippen LogP contribution < -0.4 is 10.6 Å². The minimum atomic E-state index is -1.04. The molecule has 1 aromatic carbocycles. The molecule has 0 saturated carbocycles. The van der Waals surface area contributed by atoms with Gasteiger partial charge in [0.2, 0.25) is 5.78 Å². The van der Waals surface area contributed by atoms with E-state index in [1.807, 2.05) is 32.3 Å². The Morgan fingerprint density at radius 1 is 1.11 bits per heavy atom. The van der Waals surface area contributed by atoms with Gasteiger partial charge in [-0.2, -0.15) is 0 Å². The Hall–Kier alpha value is -3.17. The Morgan fingerprint density at radius 2 is 1.84 bits per heavy atom. The van der Waals surface area contributed by atoms with E-state index < -0.39 is 35.3 Å². The molecule has 0 radical (unpaired) electrons. The van der Waals surface area contributed by atoms with E-state index >= 15 is 0 Å². The molecule has 0 spiro atoms. The molecule has 0 aliphatic rings. The molecule has 2 atom stereocenters. The molecular weight excluding hydrogens is 517 g/mol. The van der Waals surface area contributed by atoms with Crippen LogP contribution in [0.4, 0.5) is 10.6 Å². The number of nitrogens with one attached hydrogen (secondary N) is 2. The first kappa shape index (κ1) is 28.4. The second kappa shape index (κ2) is 12.4. The SMILES string of the molecule is CCCC[C@H](NC(=O)O[C@H](Cn1cnc2cc(Cl)c(Cl)cc21)C(C)(C)C)C(=O)C(=O)Nc1ccccn1. The van der Waals surface area contributed by atoms with E-state index in [1.165, 1.54) is 6.20 Å². The predicted molar refractivity (Wildman–Crippen MR) is 144 cm³/mol. The molecule has 0 aliphatic carbocycles. The zero-order valence-corrected chi connectivity index (χ0v) is 22.8. The minimum Gasteiger partial charge on any atom is -0.444 e. The van der Waals surface area contributed by atoms with Gasteiger partial charge in [-0.25, -0.2) is 14.8 Å². The van der Waals surface area contributed by atoms with E-state index in [2.05, 4.69) is 20.6 Å². The molecule has 2 N–H and O–H groups in total. The van der Waals surface area contributed by atoms with Gasteiger partial charge in [-0.1, -0.05) is 69.8 Å². The number of anilines is 1. The van der Waals surface area contributed by atoms with Gasteiger partial charge in [-0.05, 0) is 30.7 Å². The van der Waals surface area contributed by atoms with E-state index in [4.69, 9.17) is 27.9 Å². The summed E-state index contributed by atoms with van der Waals surface area (Å²) >= 11 is 12.3. The predicted octanol–water partition coefficient (Wildman–Crippen LogP) is 5.65. The Bertz CT molecular complexity index is 1260. The quantitative estimate of drug-likeness (QED) is 0.317. The van der Waals surface area contributed by atoms with E-state index in [9.17, 15) is 14.4 Å². The van der Waals surface area contributed by atoms with Crippen LogP contribution >= 0.6 is 23.2 Å². The summed E-state index contributed by atoms with van der Waals surface area (Å²) in [5, 5.41) is 5.86. The number of unbranched alkanes of at least 4 members (excludes halogenated alkanes) is 1. The third kappa shape index (κ3) is 7.66. The van der Waals surface area contributed by atoms with Crippen LogP contribution in [0, 0.1) is 5.41 Å². The van der Waals surface area contributed by atoms with Gasteiger partial charge in [0.05, 0.1) is 34.0 Å². The first-order valence-corrected chi connectivity index (χ1v) is 12.8. The molecule has 0 unspecified atom stereocenters. The van der Waals surface area contributed by atoms with Crippen molar-refractivity contribution in [3.8, 4) is 0 Å². The number of amides is 2. The number of imidazole rings is 1. The fourth-order valence-electron chi connectivity index (χ4n) is 3.62. The summed E-state index contributed by atoms with van der Waals surface area (Å²) in [5.74, 6) is -1.37. The van der Waals surface area contributed by atoms with Crippen molar-refractivity contribution in [2.24, 2.45) is 5.41 Å². The maximum atomic E-state index is 13.0. The van der Waals surface area contributed by atoms with Gasteiger partial charge in [-0.15, -0.1) is 0 Å². The van der Waals surface area contributed by atoms with Crippen molar-refractivity contribution in [2.75, 3.05) is 5.32 Å². The number of carbonyl (C=O) groups excluding carboxylic acids is 3. The average molecular weight is 548 g/mol. The molecule has 11 heteroatoms. The summed E-state index contributed by atoms with van der Waals surface area (Å²) < 4.78 is 7.63. The molecule has 9 nitrogen and oxygen atoms in total. The maximum absolute atomic E-state index is 13.0. The number of halogens is 2. The number of hydrogen-bond donors (Lipinski definition) is 2. The fraction of sp³-hybridized carbons (Fsp3) is 0.423. The van der Waals surface area contributed by atoms with Crippen LogP contribution in [-0.4, -0.2) is 44.5 Å². The molecule has 0 bridgehead atoms. The number of Topliss-reactive ketones (excluding diaryl/α,β-unsaturated/α-hetero) is 1. The standard InChI is InChI=1S/C26H31Cl2N5O4/c1-5-6-9-18(23(34)24(35)32-22-10-7-8-11-29-22)31-25(36)37-21(26(2,3)4)14-33-15-30-19-12-16(27)17(28)13-20(19)33/h7-8,10-13,15,18,21H,5-6,9,14H2,1-4H3,(H,31,36)(H,29,32,35)/t18-,21+/m0/s1. The molecule has 3 aromatic rings. The topological polar surface area (TPSA) is 115 Å². The second-order valence-corrected chi connectivity index (χ2v) is 10.6. The molecule has 3 rings (SSSR count). The molecule has 0 fully saturated rings. The fourth-order valence-corrected chi connectivity index (χ4v) is 3.94. The summed E-state index contributed by atoms with van der Waals surface area (Å²) in [7, 11) is 0. The number of benzene rings is 1. The van der Waals surface area contributed by atoms with Crippen molar-refractivity contribution in [3.05, 3.63) is 52.9 Å². The molecule has 0 saturated heterocycles. The highest BCUT2D eigenvalue weighted by Crippen LogP contribution is 2.29. The molecule has 37 heavy (non-hydrogen) atoms. The molecule has 2 aromatic heterocycles. The molecule has 0 aliphatic heterocycles. The van der Waals surface area contributed by atoms with Crippen molar-refractivity contribution in [3.63, 3.8) is 0 Å². The Balaban J connectivity index is 1.73. The van der Waals surface area contributed by atoms with Gasteiger partial charge in [0, 0.05) is 11.6 Å². The average Bonchev–Trinajstić information content (AvgIpc) is 3.22. The number of ether oxygens (including phenoxy) is 1. The zero-order chi connectivity index (χ0) is 27.2. The lowest BCUT2D eigenvalue weighted by atomic mass is 9.89. The first-order valence-electron chi connectivity index (χ1n) is 12.0. The van der Waals surface area contributed by atoms with Crippen molar-refractivity contribution in [2.45, 2.75) is 65.6 Å². The van der Waals surface area contributed by atoms with Gasteiger partial charge < -0.3 is 19.9 Å². The second-order valence-electron chi connectivity index (χ2n) is 9.78. The lowest BCUT2D eigenvalue weighted by Gasteiger charge is -2.31. The highest BCUT2D eigenvalue weighted by atomic mass is 35.5. The number of pyridine rings is 1. The number of aromatic nitrogens is 3. The monoisotopic (exact) mass is 547 g/mol. The molecule has 2 amide bonds. The molecule has 2 heterocycles. The lowest BCUT2D eigenvalue weighted by Crippen LogP contribution is -2.48. The van der Waals surface area contributed by atoms with Crippen LogP contribution in [0.15, 0.2) is 42.9 Å². The van der Waals surface area contributed by atoms with Crippen molar-refractivity contribution < 1.29 is 19.1 Å². The zero-order valence-electron chi connectivity index (χ0n) is 21.3. The largest absolute Gasteiger partial charge is 0.444 e. The third-order valence-electron chi connectivity index (χ3n) is 5.83. The van der Waals surface area contributed by atoms with Gasteiger partial charge >= 0.3 is 6.09 Å². The first-order chi connectivity index (χ1) is 17.5. The Morgan fingerprint density at radius 3 is 2.49 bits per heavy atom. The normalized spacial score (nSPS) is 13.1. The van der Waals surface area contributed by atoms with Crippen molar-refractivity contribution in [1.29, 1.82) is 0 Å². The summed E-state index contributed by atoms with van der Waals surface area (Å²) in [6, 6.07) is 7.31. The Kier molecular flexibility index (Phi) is 9.50.